The summed E-state index contributed by atoms with van der Waals surface area (Å²) in [5.74, 6) is 1.59. The molecule has 2 heterocycles. The standard InChI is InChI=1S/C13H17ClN4O/c1-4-19-8-12-15-11(14)7-13(16-12)18-6-5-10(17-18)9(2)3/h5-7,9H,4,8H2,1-3H3. The van der Waals surface area contributed by atoms with Crippen LogP contribution in [0.15, 0.2) is 18.3 Å². The van der Waals surface area contributed by atoms with E-state index in [1.54, 1.807) is 10.7 Å². The maximum absolute atomic E-state index is 6.00. The summed E-state index contributed by atoms with van der Waals surface area (Å²) in [7, 11) is 0. The van der Waals surface area contributed by atoms with Crippen molar-refractivity contribution >= 4 is 11.6 Å². The van der Waals surface area contributed by atoms with Crippen LogP contribution in [0.4, 0.5) is 0 Å². The van der Waals surface area contributed by atoms with Crippen LogP contribution in [0.5, 0.6) is 0 Å². The molecule has 2 aromatic rings. The molecule has 5 nitrogen and oxygen atoms in total. The summed E-state index contributed by atoms with van der Waals surface area (Å²) in [6.07, 6.45) is 1.87. The van der Waals surface area contributed by atoms with E-state index < -0.39 is 0 Å². The fraction of sp³-hybridized carbons (Fsp3) is 0.462. The molecule has 19 heavy (non-hydrogen) atoms. The summed E-state index contributed by atoms with van der Waals surface area (Å²) in [4.78, 5) is 8.52. The van der Waals surface area contributed by atoms with Gasteiger partial charge < -0.3 is 4.74 Å². The molecule has 6 heteroatoms. The molecule has 0 bridgehead atoms. The van der Waals surface area contributed by atoms with Crippen molar-refractivity contribution in [1.82, 2.24) is 19.7 Å². The van der Waals surface area contributed by atoms with E-state index >= 15 is 0 Å². The molecule has 0 aromatic carbocycles. The Hall–Kier alpha value is -1.46. The first-order valence-electron chi connectivity index (χ1n) is 6.27. The number of halogens is 1. The number of rotatable bonds is 5. The lowest BCUT2D eigenvalue weighted by Crippen LogP contribution is -2.06. The zero-order chi connectivity index (χ0) is 13.8. The Morgan fingerprint density at radius 3 is 2.79 bits per heavy atom. The van der Waals surface area contributed by atoms with Crippen molar-refractivity contribution in [3.05, 3.63) is 35.0 Å². The van der Waals surface area contributed by atoms with Crippen LogP contribution in [0.25, 0.3) is 5.82 Å². The predicted octanol–water partition coefficient (Wildman–Crippen LogP) is 2.98. The lowest BCUT2D eigenvalue weighted by Gasteiger charge is -2.05. The Kier molecular flexibility index (Phi) is 4.50. The maximum Gasteiger partial charge on any atom is 0.158 e. The van der Waals surface area contributed by atoms with Crippen LogP contribution in [0.2, 0.25) is 5.15 Å². The summed E-state index contributed by atoms with van der Waals surface area (Å²) in [5, 5.41) is 4.86. The minimum Gasteiger partial charge on any atom is -0.374 e. The highest BCUT2D eigenvalue weighted by Crippen LogP contribution is 2.15. The van der Waals surface area contributed by atoms with Gasteiger partial charge in [0.2, 0.25) is 0 Å². The third-order valence-corrected chi connectivity index (χ3v) is 2.79. The molecule has 0 aliphatic rings. The van der Waals surface area contributed by atoms with Crippen LogP contribution < -0.4 is 0 Å². The first kappa shape index (κ1) is 14.0. The molecule has 0 saturated carbocycles. The number of hydrogen-bond donors (Lipinski definition) is 0. The highest BCUT2D eigenvalue weighted by atomic mass is 35.5. The van der Waals surface area contributed by atoms with Gasteiger partial charge in [-0.2, -0.15) is 5.10 Å². The SMILES string of the molecule is CCOCc1nc(Cl)cc(-n2ccc(C(C)C)n2)n1. The van der Waals surface area contributed by atoms with Crippen LogP contribution in [0.1, 0.15) is 38.2 Å². The fourth-order valence-corrected chi connectivity index (χ4v) is 1.80. The second-order valence-corrected chi connectivity index (χ2v) is 4.83. The van der Waals surface area contributed by atoms with Gasteiger partial charge in [0.15, 0.2) is 11.6 Å². The van der Waals surface area contributed by atoms with E-state index in [0.717, 1.165) is 5.69 Å². The molecule has 2 rings (SSSR count). The van der Waals surface area contributed by atoms with Gasteiger partial charge in [-0.1, -0.05) is 25.4 Å². The Labute approximate surface area is 117 Å². The van der Waals surface area contributed by atoms with Crippen molar-refractivity contribution in [2.45, 2.75) is 33.3 Å². The summed E-state index contributed by atoms with van der Waals surface area (Å²) >= 11 is 6.00. The lowest BCUT2D eigenvalue weighted by atomic mass is 10.1. The highest BCUT2D eigenvalue weighted by Gasteiger charge is 2.08. The topological polar surface area (TPSA) is 52.8 Å². The van der Waals surface area contributed by atoms with E-state index in [1.165, 1.54) is 0 Å². The Morgan fingerprint density at radius 2 is 2.16 bits per heavy atom. The number of ether oxygens (including phenoxy) is 1. The third-order valence-electron chi connectivity index (χ3n) is 2.60. The van der Waals surface area contributed by atoms with Gasteiger partial charge in [-0.3, -0.25) is 0 Å². The van der Waals surface area contributed by atoms with Gasteiger partial charge in [0, 0.05) is 18.9 Å². The quantitative estimate of drug-likeness (QED) is 0.790. The molecule has 0 aliphatic carbocycles. The molecule has 0 atom stereocenters. The van der Waals surface area contributed by atoms with Gasteiger partial charge in [0.1, 0.15) is 11.8 Å². The highest BCUT2D eigenvalue weighted by molar-refractivity contribution is 6.29. The van der Waals surface area contributed by atoms with Gasteiger partial charge in [-0.05, 0) is 18.9 Å². The van der Waals surface area contributed by atoms with E-state index in [2.05, 4.69) is 28.9 Å². The van der Waals surface area contributed by atoms with Crippen LogP contribution in [-0.2, 0) is 11.3 Å². The van der Waals surface area contributed by atoms with Crippen LogP contribution in [0, 0.1) is 0 Å². The molecular weight excluding hydrogens is 264 g/mol. The van der Waals surface area contributed by atoms with Gasteiger partial charge >= 0.3 is 0 Å². The van der Waals surface area contributed by atoms with E-state index in [1.807, 2.05) is 19.2 Å². The molecule has 0 radical (unpaired) electrons. The molecule has 0 amide bonds. The second-order valence-electron chi connectivity index (χ2n) is 4.44. The largest absolute Gasteiger partial charge is 0.374 e. The zero-order valence-electron chi connectivity index (χ0n) is 11.3. The minimum atomic E-state index is 0.350. The second kappa shape index (κ2) is 6.12. The molecule has 2 aromatic heterocycles. The summed E-state index contributed by atoms with van der Waals surface area (Å²) in [6.45, 7) is 7.08. The molecule has 102 valence electrons. The molecule has 0 unspecified atom stereocenters. The zero-order valence-corrected chi connectivity index (χ0v) is 12.1. The van der Waals surface area contributed by atoms with Crippen molar-refractivity contribution in [2.75, 3.05) is 6.61 Å². The van der Waals surface area contributed by atoms with E-state index in [9.17, 15) is 0 Å². The van der Waals surface area contributed by atoms with Gasteiger partial charge in [0.25, 0.3) is 0 Å². The van der Waals surface area contributed by atoms with E-state index in [0.29, 0.717) is 35.9 Å². The normalized spacial score (nSPS) is 11.2. The van der Waals surface area contributed by atoms with Crippen molar-refractivity contribution in [2.24, 2.45) is 0 Å². The van der Waals surface area contributed by atoms with Crippen LogP contribution >= 0.6 is 11.6 Å². The Bertz CT molecular complexity index is 553. The minimum absolute atomic E-state index is 0.350. The molecule has 0 aliphatic heterocycles. The van der Waals surface area contributed by atoms with Gasteiger partial charge in [-0.15, -0.1) is 0 Å². The van der Waals surface area contributed by atoms with Crippen molar-refractivity contribution < 1.29 is 4.74 Å². The van der Waals surface area contributed by atoms with Crippen LogP contribution in [0.3, 0.4) is 0 Å². The first-order chi connectivity index (χ1) is 9.10. The number of aromatic nitrogens is 4. The average molecular weight is 281 g/mol. The smallest absolute Gasteiger partial charge is 0.158 e. The van der Waals surface area contributed by atoms with E-state index in [-0.39, 0.29) is 0 Å². The van der Waals surface area contributed by atoms with E-state index in [4.69, 9.17) is 16.3 Å². The van der Waals surface area contributed by atoms with Crippen molar-refractivity contribution in [3.8, 4) is 5.82 Å². The molecule has 0 saturated heterocycles. The van der Waals surface area contributed by atoms with Crippen molar-refractivity contribution in [3.63, 3.8) is 0 Å². The fourth-order valence-electron chi connectivity index (χ4n) is 1.60. The lowest BCUT2D eigenvalue weighted by molar-refractivity contribution is 0.128. The Balaban J connectivity index is 2.29. The van der Waals surface area contributed by atoms with Gasteiger partial charge in [-0.25, -0.2) is 14.6 Å². The molecule has 0 N–H and O–H groups in total. The Morgan fingerprint density at radius 1 is 1.37 bits per heavy atom. The third kappa shape index (κ3) is 3.52. The van der Waals surface area contributed by atoms with Crippen LogP contribution in [-0.4, -0.2) is 26.4 Å². The predicted molar refractivity (Wildman–Crippen MR) is 73.6 cm³/mol. The monoisotopic (exact) mass is 280 g/mol. The van der Waals surface area contributed by atoms with Crippen molar-refractivity contribution in [1.29, 1.82) is 0 Å². The molecule has 0 spiro atoms. The average Bonchev–Trinajstić information content (AvgIpc) is 2.85. The summed E-state index contributed by atoms with van der Waals surface area (Å²) < 4.78 is 7.00. The maximum atomic E-state index is 6.00. The first-order valence-corrected chi connectivity index (χ1v) is 6.65. The number of nitrogens with zero attached hydrogens (tertiary/aromatic N) is 4. The number of hydrogen-bond acceptors (Lipinski definition) is 4. The summed E-state index contributed by atoms with van der Waals surface area (Å²) in [6, 6.07) is 3.66. The molecule has 0 fully saturated rings. The van der Waals surface area contributed by atoms with Gasteiger partial charge in [0.05, 0.1) is 5.69 Å². The summed E-state index contributed by atoms with van der Waals surface area (Å²) in [5.41, 5.74) is 1.01. The molecular formula is C13H17ClN4O.